The molecule has 3 rings (SSSR count). The molecule has 2 heterocycles. The smallest absolute Gasteiger partial charge is 0.407 e. The van der Waals surface area contributed by atoms with Crippen LogP contribution in [0.2, 0.25) is 0 Å². The zero-order valence-electron chi connectivity index (χ0n) is 13.7. The molecule has 0 bridgehead atoms. The lowest BCUT2D eigenvalue weighted by atomic mass is 10.00. The molecule has 0 aliphatic carbocycles. The van der Waals surface area contributed by atoms with E-state index in [0.29, 0.717) is 19.5 Å². The van der Waals surface area contributed by atoms with Crippen LogP contribution in [0.15, 0.2) is 18.3 Å². The Kier molecular flexibility index (Phi) is 4.69. The van der Waals surface area contributed by atoms with Crippen molar-refractivity contribution in [3.63, 3.8) is 0 Å². The SMILES string of the molecule is CCc1ncc2n1CCN(C(=O)O)C2CCc1cc(F)c(F)c(F)c1. The largest absolute Gasteiger partial charge is 0.465 e. The second-order valence-electron chi connectivity index (χ2n) is 6.01. The number of hydrogen-bond donors (Lipinski definition) is 1. The average molecular weight is 353 g/mol. The van der Waals surface area contributed by atoms with Crippen molar-refractivity contribution in [1.82, 2.24) is 14.5 Å². The number of fused-ring (bicyclic) bond motifs is 1. The van der Waals surface area contributed by atoms with Gasteiger partial charge in [-0.2, -0.15) is 0 Å². The number of imidazole rings is 1. The number of rotatable bonds is 4. The average Bonchev–Trinajstić information content (AvgIpc) is 3.00. The van der Waals surface area contributed by atoms with E-state index in [9.17, 15) is 23.1 Å². The van der Waals surface area contributed by atoms with Crippen molar-refractivity contribution >= 4 is 6.09 Å². The van der Waals surface area contributed by atoms with Gasteiger partial charge in [-0.15, -0.1) is 0 Å². The maximum atomic E-state index is 13.4. The summed E-state index contributed by atoms with van der Waals surface area (Å²) in [6.45, 7) is 2.82. The summed E-state index contributed by atoms with van der Waals surface area (Å²) in [6.07, 6.45) is 1.88. The summed E-state index contributed by atoms with van der Waals surface area (Å²) in [4.78, 5) is 17.2. The van der Waals surface area contributed by atoms with Crippen molar-refractivity contribution in [1.29, 1.82) is 0 Å². The predicted molar refractivity (Wildman–Crippen MR) is 83.7 cm³/mol. The van der Waals surface area contributed by atoms with Crippen LogP contribution >= 0.6 is 0 Å². The lowest BCUT2D eigenvalue weighted by Gasteiger charge is -2.35. The van der Waals surface area contributed by atoms with E-state index in [1.165, 1.54) is 4.90 Å². The van der Waals surface area contributed by atoms with E-state index in [-0.39, 0.29) is 12.0 Å². The van der Waals surface area contributed by atoms with E-state index in [1.807, 2.05) is 11.5 Å². The zero-order chi connectivity index (χ0) is 18.1. The fraction of sp³-hybridized carbons (Fsp3) is 0.412. The van der Waals surface area contributed by atoms with Gasteiger partial charge >= 0.3 is 6.09 Å². The number of amides is 1. The summed E-state index contributed by atoms with van der Waals surface area (Å²) in [5.74, 6) is -3.11. The first-order chi connectivity index (χ1) is 11.9. The number of aryl methyl sites for hydroxylation is 2. The molecule has 1 aromatic heterocycles. The minimum absolute atomic E-state index is 0.217. The van der Waals surface area contributed by atoms with Crippen molar-refractivity contribution in [2.45, 2.75) is 38.8 Å². The van der Waals surface area contributed by atoms with Crippen LogP contribution in [-0.2, 0) is 19.4 Å². The molecule has 1 N–H and O–H groups in total. The first kappa shape index (κ1) is 17.3. The molecule has 0 spiro atoms. The normalized spacial score (nSPS) is 16.8. The van der Waals surface area contributed by atoms with Gasteiger partial charge in [-0.05, 0) is 30.5 Å². The van der Waals surface area contributed by atoms with Gasteiger partial charge in [0.1, 0.15) is 5.82 Å². The molecular weight excluding hydrogens is 335 g/mol. The van der Waals surface area contributed by atoms with E-state index in [1.54, 1.807) is 6.20 Å². The molecule has 2 aromatic rings. The van der Waals surface area contributed by atoms with Crippen LogP contribution in [0.1, 0.15) is 36.5 Å². The highest BCUT2D eigenvalue weighted by atomic mass is 19.2. The number of nitrogens with zero attached hydrogens (tertiary/aromatic N) is 3. The van der Waals surface area contributed by atoms with E-state index in [0.717, 1.165) is 30.1 Å². The number of benzene rings is 1. The summed E-state index contributed by atoms with van der Waals surface area (Å²) in [6, 6.07) is 1.43. The Hall–Kier alpha value is -2.51. The second kappa shape index (κ2) is 6.78. The van der Waals surface area contributed by atoms with Crippen molar-refractivity contribution < 1.29 is 23.1 Å². The number of hydrogen-bond acceptors (Lipinski definition) is 2. The highest BCUT2D eigenvalue weighted by molar-refractivity contribution is 5.66. The molecule has 1 atom stereocenters. The quantitative estimate of drug-likeness (QED) is 0.856. The summed E-state index contributed by atoms with van der Waals surface area (Å²) in [5.41, 5.74) is 1.06. The summed E-state index contributed by atoms with van der Waals surface area (Å²) in [5, 5.41) is 9.45. The molecule has 134 valence electrons. The third kappa shape index (κ3) is 3.20. The maximum Gasteiger partial charge on any atom is 0.407 e. The Morgan fingerprint density at radius 1 is 1.28 bits per heavy atom. The Labute approximate surface area is 142 Å². The van der Waals surface area contributed by atoms with Crippen LogP contribution < -0.4 is 0 Å². The Balaban J connectivity index is 1.86. The molecule has 0 radical (unpaired) electrons. The topological polar surface area (TPSA) is 58.4 Å². The highest BCUT2D eigenvalue weighted by Gasteiger charge is 2.32. The minimum atomic E-state index is -1.50. The van der Waals surface area contributed by atoms with E-state index in [2.05, 4.69) is 4.98 Å². The summed E-state index contributed by atoms with van der Waals surface area (Å²) in [7, 11) is 0. The maximum absolute atomic E-state index is 13.4. The van der Waals surface area contributed by atoms with Gasteiger partial charge in [0, 0.05) is 19.5 Å². The molecule has 0 fully saturated rings. The van der Waals surface area contributed by atoms with Gasteiger partial charge in [0.15, 0.2) is 17.5 Å². The third-order valence-corrected chi connectivity index (χ3v) is 4.56. The van der Waals surface area contributed by atoms with E-state index >= 15 is 0 Å². The summed E-state index contributed by atoms with van der Waals surface area (Å²) >= 11 is 0. The molecule has 0 saturated carbocycles. The first-order valence-electron chi connectivity index (χ1n) is 8.09. The van der Waals surface area contributed by atoms with Gasteiger partial charge < -0.3 is 9.67 Å². The molecule has 8 heteroatoms. The first-order valence-corrected chi connectivity index (χ1v) is 8.09. The predicted octanol–water partition coefficient (Wildman–Crippen LogP) is 3.53. The van der Waals surface area contributed by atoms with Crippen molar-refractivity contribution in [2.24, 2.45) is 0 Å². The molecule has 5 nitrogen and oxygen atoms in total. The Morgan fingerprint density at radius 2 is 1.96 bits per heavy atom. The van der Waals surface area contributed by atoms with Gasteiger partial charge in [0.25, 0.3) is 0 Å². The van der Waals surface area contributed by atoms with E-state index in [4.69, 9.17) is 0 Å². The van der Waals surface area contributed by atoms with Gasteiger partial charge in [-0.25, -0.2) is 22.9 Å². The lowest BCUT2D eigenvalue weighted by molar-refractivity contribution is 0.106. The molecule has 1 unspecified atom stereocenters. The number of aromatic nitrogens is 2. The molecule has 0 saturated heterocycles. The van der Waals surface area contributed by atoms with Crippen molar-refractivity contribution in [3.8, 4) is 0 Å². The van der Waals surface area contributed by atoms with Gasteiger partial charge in [0.2, 0.25) is 0 Å². The Bertz CT molecular complexity index is 783. The van der Waals surface area contributed by atoms with Crippen molar-refractivity contribution in [3.05, 3.63) is 52.9 Å². The van der Waals surface area contributed by atoms with Crippen LogP contribution in [0.5, 0.6) is 0 Å². The second-order valence-corrected chi connectivity index (χ2v) is 6.01. The number of carboxylic acid groups (broad SMARTS) is 1. The Morgan fingerprint density at radius 3 is 2.56 bits per heavy atom. The van der Waals surface area contributed by atoms with Crippen LogP contribution in [0.4, 0.5) is 18.0 Å². The van der Waals surface area contributed by atoms with Gasteiger partial charge in [-0.1, -0.05) is 6.92 Å². The molecular formula is C17H18F3N3O2. The molecule has 1 aliphatic heterocycles. The highest BCUT2D eigenvalue weighted by Crippen LogP contribution is 2.31. The van der Waals surface area contributed by atoms with Crippen LogP contribution in [0.25, 0.3) is 0 Å². The van der Waals surface area contributed by atoms with Crippen LogP contribution in [-0.4, -0.2) is 32.2 Å². The van der Waals surface area contributed by atoms with E-state index < -0.39 is 29.6 Å². The number of carbonyl (C=O) groups is 1. The van der Waals surface area contributed by atoms with Crippen molar-refractivity contribution in [2.75, 3.05) is 6.54 Å². The van der Waals surface area contributed by atoms with Gasteiger partial charge in [-0.3, -0.25) is 4.90 Å². The third-order valence-electron chi connectivity index (χ3n) is 4.56. The molecule has 1 aromatic carbocycles. The lowest BCUT2D eigenvalue weighted by Crippen LogP contribution is -2.41. The standard InChI is InChI=1S/C17H18F3N3O2/c1-2-15-21-9-14-13(23(17(24)25)6-5-22(14)15)4-3-10-7-11(18)16(20)12(19)8-10/h7-9,13H,2-6H2,1H3,(H,24,25). The number of halogens is 3. The fourth-order valence-electron chi connectivity index (χ4n) is 3.35. The fourth-order valence-corrected chi connectivity index (χ4v) is 3.35. The molecule has 25 heavy (non-hydrogen) atoms. The van der Waals surface area contributed by atoms with Crippen LogP contribution in [0, 0.1) is 17.5 Å². The zero-order valence-corrected chi connectivity index (χ0v) is 13.7. The van der Waals surface area contributed by atoms with Crippen LogP contribution in [0.3, 0.4) is 0 Å². The summed E-state index contributed by atoms with van der Waals surface area (Å²) < 4.78 is 41.8. The minimum Gasteiger partial charge on any atom is -0.465 e. The molecule has 1 amide bonds. The monoisotopic (exact) mass is 353 g/mol. The molecule has 1 aliphatic rings. The van der Waals surface area contributed by atoms with Gasteiger partial charge in [0.05, 0.1) is 17.9 Å².